The Morgan fingerprint density at radius 2 is 2.05 bits per heavy atom. The molecule has 0 fully saturated rings. The molecule has 2 rings (SSSR count). The van der Waals surface area contributed by atoms with Crippen LogP contribution in [0, 0.1) is 9.39 Å². The molecule has 104 valence electrons. The number of halogens is 3. The number of carbonyl (C=O) groups is 1. The molecule has 0 aliphatic heterocycles. The maximum absolute atomic E-state index is 13.2. The van der Waals surface area contributed by atoms with Gasteiger partial charge in [-0.25, -0.2) is 9.18 Å². The molecule has 2 aromatic rings. The van der Waals surface area contributed by atoms with E-state index in [4.69, 9.17) is 9.84 Å². The third-order valence-corrected chi connectivity index (χ3v) is 3.84. The molecular formula is C14H9BrFIO3. The van der Waals surface area contributed by atoms with E-state index in [0.29, 0.717) is 15.8 Å². The van der Waals surface area contributed by atoms with Crippen LogP contribution in [0.4, 0.5) is 4.39 Å². The highest BCUT2D eigenvalue weighted by Crippen LogP contribution is 2.24. The largest absolute Gasteiger partial charge is 0.488 e. The number of hydrogen-bond acceptors (Lipinski definition) is 2. The van der Waals surface area contributed by atoms with Gasteiger partial charge in [0.25, 0.3) is 0 Å². The molecule has 1 N–H and O–H groups in total. The summed E-state index contributed by atoms with van der Waals surface area (Å²) in [6.45, 7) is 0.162. The summed E-state index contributed by atoms with van der Waals surface area (Å²) in [5.74, 6) is -0.905. The van der Waals surface area contributed by atoms with Crippen molar-refractivity contribution < 1.29 is 19.0 Å². The van der Waals surface area contributed by atoms with E-state index in [0.717, 1.165) is 3.57 Å². The lowest BCUT2D eigenvalue weighted by molar-refractivity contribution is 0.0696. The summed E-state index contributed by atoms with van der Waals surface area (Å²) >= 11 is 5.26. The number of carboxylic acid groups (broad SMARTS) is 1. The molecule has 0 radical (unpaired) electrons. The van der Waals surface area contributed by atoms with Crippen molar-refractivity contribution in [1.82, 2.24) is 0 Å². The minimum absolute atomic E-state index is 0.154. The minimum atomic E-state index is -1.01. The van der Waals surface area contributed by atoms with Gasteiger partial charge in [0.2, 0.25) is 0 Å². The van der Waals surface area contributed by atoms with E-state index in [1.54, 1.807) is 12.1 Å². The van der Waals surface area contributed by atoms with E-state index in [1.165, 1.54) is 24.3 Å². The van der Waals surface area contributed by atoms with Crippen molar-refractivity contribution >= 4 is 44.5 Å². The van der Waals surface area contributed by atoms with Crippen LogP contribution in [0.5, 0.6) is 5.75 Å². The molecule has 2 aromatic carbocycles. The first-order valence-corrected chi connectivity index (χ1v) is 7.43. The number of benzene rings is 2. The zero-order valence-electron chi connectivity index (χ0n) is 10.1. The Morgan fingerprint density at radius 3 is 2.70 bits per heavy atom. The summed E-state index contributed by atoms with van der Waals surface area (Å²) < 4.78 is 20.2. The molecular weight excluding hydrogens is 442 g/mol. The van der Waals surface area contributed by atoms with Crippen molar-refractivity contribution in [3.63, 3.8) is 0 Å². The van der Waals surface area contributed by atoms with Gasteiger partial charge in [-0.05, 0) is 64.6 Å². The molecule has 0 heterocycles. The average Bonchev–Trinajstić information content (AvgIpc) is 2.36. The number of ether oxygens (including phenoxy) is 1. The molecule has 0 aliphatic carbocycles. The van der Waals surface area contributed by atoms with E-state index in [-0.39, 0.29) is 18.0 Å². The van der Waals surface area contributed by atoms with E-state index in [9.17, 15) is 9.18 Å². The predicted molar refractivity (Wildman–Crippen MR) is 84.6 cm³/mol. The lowest BCUT2D eigenvalue weighted by Gasteiger charge is -2.09. The van der Waals surface area contributed by atoms with Gasteiger partial charge in [0.05, 0.1) is 9.13 Å². The molecule has 0 unspecified atom stereocenters. The van der Waals surface area contributed by atoms with E-state index < -0.39 is 5.97 Å². The SMILES string of the molecule is O=C(O)c1ccc(I)c(OCc2cc(F)cc(Br)c2)c1. The van der Waals surface area contributed by atoms with E-state index in [1.807, 2.05) is 0 Å². The summed E-state index contributed by atoms with van der Waals surface area (Å²) in [6.07, 6.45) is 0. The van der Waals surface area contributed by atoms with Crippen LogP contribution in [-0.4, -0.2) is 11.1 Å². The Hall–Kier alpha value is -1.15. The zero-order chi connectivity index (χ0) is 14.7. The molecule has 0 saturated carbocycles. The molecule has 3 nitrogen and oxygen atoms in total. The van der Waals surface area contributed by atoms with Crippen molar-refractivity contribution in [3.05, 3.63) is 61.4 Å². The highest BCUT2D eigenvalue weighted by molar-refractivity contribution is 14.1. The maximum Gasteiger partial charge on any atom is 0.335 e. The van der Waals surface area contributed by atoms with Gasteiger partial charge >= 0.3 is 5.97 Å². The monoisotopic (exact) mass is 450 g/mol. The Kier molecular flexibility index (Phi) is 4.98. The first-order valence-electron chi connectivity index (χ1n) is 5.56. The fourth-order valence-corrected chi connectivity index (χ4v) is 2.61. The van der Waals surface area contributed by atoms with Crippen LogP contribution in [0.3, 0.4) is 0 Å². The van der Waals surface area contributed by atoms with Crippen LogP contribution in [0.25, 0.3) is 0 Å². The van der Waals surface area contributed by atoms with Gasteiger partial charge in [-0.15, -0.1) is 0 Å². The second kappa shape index (κ2) is 6.53. The second-order valence-electron chi connectivity index (χ2n) is 4.02. The van der Waals surface area contributed by atoms with Crippen molar-refractivity contribution in [3.8, 4) is 5.75 Å². The van der Waals surface area contributed by atoms with Gasteiger partial charge in [-0.2, -0.15) is 0 Å². The summed E-state index contributed by atoms with van der Waals surface area (Å²) in [5, 5.41) is 8.94. The fourth-order valence-electron chi connectivity index (χ4n) is 1.60. The summed E-state index contributed by atoms with van der Waals surface area (Å²) in [5.41, 5.74) is 0.814. The first kappa shape index (κ1) is 15.2. The van der Waals surface area contributed by atoms with Crippen molar-refractivity contribution in [2.45, 2.75) is 6.61 Å². The molecule has 0 amide bonds. The molecule has 0 saturated heterocycles. The van der Waals surface area contributed by atoms with Gasteiger partial charge in [-0.3, -0.25) is 0 Å². The van der Waals surface area contributed by atoms with Gasteiger partial charge in [0, 0.05) is 4.47 Å². The zero-order valence-corrected chi connectivity index (χ0v) is 13.8. The quantitative estimate of drug-likeness (QED) is 0.699. The molecule has 0 aromatic heterocycles. The van der Waals surface area contributed by atoms with Gasteiger partial charge < -0.3 is 9.84 Å². The minimum Gasteiger partial charge on any atom is -0.488 e. The molecule has 20 heavy (non-hydrogen) atoms. The number of aromatic carboxylic acids is 1. The third-order valence-electron chi connectivity index (χ3n) is 2.49. The Bertz CT molecular complexity index is 641. The molecule has 0 aliphatic rings. The van der Waals surface area contributed by atoms with Crippen molar-refractivity contribution in [2.75, 3.05) is 0 Å². The third kappa shape index (κ3) is 3.92. The standard InChI is InChI=1S/C14H9BrFIO3/c15-10-3-8(4-11(16)6-10)7-20-13-5-9(14(18)19)1-2-12(13)17/h1-6H,7H2,(H,18,19). The Balaban J connectivity index is 2.18. The van der Waals surface area contributed by atoms with Crippen molar-refractivity contribution in [1.29, 1.82) is 0 Å². The average molecular weight is 451 g/mol. The molecule has 0 spiro atoms. The Labute approximate surface area is 137 Å². The normalized spacial score (nSPS) is 10.3. The lowest BCUT2D eigenvalue weighted by atomic mass is 10.2. The van der Waals surface area contributed by atoms with E-state index in [2.05, 4.69) is 38.5 Å². The highest BCUT2D eigenvalue weighted by Gasteiger charge is 2.08. The second-order valence-corrected chi connectivity index (χ2v) is 6.09. The lowest BCUT2D eigenvalue weighted by Crippen LogP contribution is -2.01. The maximum atomic E-state index is 13.2. The van der Waals surface area contributed by atoms with Gasteiger partial charge in [-0.1, -0.05) is 15.9 Å². The van der Waals surface area contributed by atoms with Gasteiger partial charge in [0.1, 0.15) is 18.2 Å². The van der Waals surface area contributed by atoms with Crippen LogP contribution in [0.1, 0.15) is 15.9 Å². The summed E-state index contributed by atoms with van der Waals surface area (Å²) in [7, 11) is 0. The van der Waals surface area contributed by atoms with Crippen LogP contribution in [0.15, 0.2) is 40.9 Å². The summed E-state index contributed by atoms with van der Waals surface area (Å²) in [6, 6.07) is 9.11. The number of hydrogen-bond donors (Lipinski definition) is 1. The van der Waals surface area contributed by atoms with Crippen LogP contribution in [-0.2, 0) is 6.61 Å². The van der Waals surface area contributed by atoms with Gasteiger partial charge in [0.15, 0.2) is 0 Å². The summed E-state index contributed by atoms with van der Waals surface area (Å²) in [4.78, 5) is 10.9. The van der Waals surface area contributed by atoms with Crippen LogP contribution in [0.2, 0.25) is 0 Å². The van der Waals surface area contributed by atoms with Crippen LogP contribution >= 0.6 is 38.5 Å². The predicted octanol–water partition coefficient (Wildman–Crippen LogP) is 4.47. The van der Waals surface area contributed by atoms with Crippen molar-refractivity contribution in [2.24, 2.45) is 0 Å². The fraction of sp³-hybridized carbons (Fsp3) is 0.0714. The molecule has 6 heteroatoms. The molecule has 0 atom stereocenters. The first-order chi connectivity index (χ1) is 9.45. The number of carboxylic acids is 1. The van der Waals surface area contributed by atoms with E-state index >= 15 is 0 Å². The molecule has 0 bridgehead atoms. The topological polar surface area (TPSA) is 46.5 Å². The Morgan fingerprint density at radius 1 is 1.30 bits per heavy atom. The highest BCUT2D eigenvalue weighted by atomic mass is 127. The smallest absolute Gasteiger partial charge is 0.335 e. The van der Waals surface area contributed by atoms with Crippen LogP contribution < -0.4 is 4.74 Å². The number of rotatable bonds is 4.